The second-order valence-corrected chi connectivity index (χ2v) is 14.1. The number of ether oxygens (including phenoxy) is 2. The summed E-state index contributed by atoms with van der Waals surface area (Å²) in [5.41, 5.74) is 0. The summed E-state index contributed by atoms with van der Waals surface area (Å²) < 4.78 is 11.5. The minimum atomic E-state index is -1.41. The van der Waals surface area contributed by atoms with Gasteiger partial charge in [-0.3, -0.25) is 9.59 Å². The van der Waals surface area contributed by atoms with Gasteiger partial charge in [-0.15, -0.1) is 0 Å². The molecule has 5 N–H and O–H groups in total. The first-order valence-electron chi connectivity index (χ1n) is 19.6. The van der Waals surface area contributed by atoms with Gasteiger partial charge < -0.3 is 35.4 Å². The molecule has 278 valence electrons. The molecule has 0 radical (unpaired) electrons. The van der Waals surface area contributed by atoms with Crippen molar-refractivity contribution in [2.24, 2.45) is 5.92 Å². The first kappa shape index (κ1) is 43.8. The molecule has 1 rings (SSSR count). The van der Waals surface area contributed by atoms with Gasteiger partial charge in [0.2, 0.25) is 11.8 Å². The number of hydrogen-bond acceptors (Lipinski definition) is 7. The van der Waals surface area contributed by atoms with E-state index in [9.17, 15) is 24.9 Å². The van der Waals surface area contributed by atoms with E-state index in [2.05, 4.69) is 24.5 Å². The Morgan fingerprint density at radius 2 is 1.09 bits per heavy atom. The van der Waals surface area contributed by atoms with Crippen molar-refractivity contribution in [3.63, 3.8) is 0 Å². The van der Waals surface area contributed by atoms with Crippen LogP contribution in [0.4, 0.5) is 0 Å². The fraction of sp³-hybridized carbons (Fsp3) is 0.947. The number of aliphatic hydroxyl groups excluding tert-OH is 3. The minimum Gasteiger partial charge on any atom is -0.394 e. The maximum atomic E-state index is 12.8. The van der Waals surface area contributed by atoms with E-state index in [0.29, 0.717) is 12.5 Å². The first-order chi connectivity index (χ1) is 22.8. The topological polar surface area (TPSA) is 137 Å². The molecule has 1 aliphatic rings. The SMILES string of the molecule is CCCCCCCCCCCCCCC(CCCCCCCCCCCC)COCC(=O)N[C@@H]1O[C@H](CO)[C@@H](O)[C@H](O)[C@H]1NC(C)=O. The Kier molecular flexibility index (Phi) is 27.6. The van der Waals surface area contributed by atoms with Gasteiger partial charge in [0.05, 0.1) is 13.2 Å². The summed E-state index contributed by atoms with van der Waals surface area (Å²) in [4.78, 5) is 24.5. The molecule has 2 amide bonds. The van der Waals surface area contributed by atoms with Crippen LogP contribution in [0, 0.1) is 5.92 Å². The molecule has 47 heavy (non-hydrogen) atoms. The van der Waals surface area contributed by atoms with Gasteiger partial charge in [-0.2, -0.15) is 0 Å². The smallest absolute Gasteiger partial charge is 0.248 e. The molecule has 1 saturated heterocycles. The van der Waals surface area contributed by atoms with Crippen LogP contribution in [0.5, 0.6) is 0 Å². The number of aliphatic hydroxyl groups is 3. The Morgan fingerprint density at radius 3 is 1.49 bits per heavy atom. The largest absolute Gasteiger partial charge is 0.394 e. The lowest BCUT2D eigenvalue weighted by Crippen LogP contribution is -2.68. The molecule has 0 spiro atoms. The molecule has 1 fully saturated rings. The first-order valence-corrected chi connectivity index (χ1v) is 19.6. The molecule has 6 atom stereocenters. The number of hydrogen-bond donors (Lipinski definition) is 5. The molecule has 1 heterocycles. The van der Waals surface area contributed by atoms with E-state index in [1.165, 1.54) is 148 Å². The van der Waals surface area contributed by atoms with Crippen molar-refractivity contribution >= 4 is 11.8 Å². The molecule has 9 nitrogen and oxygen atoms in total. The van der Waals surface area contributed by atoms with Gasteiger partial charge in [0.1, 0.15) is 31.0 Å². The Balaban J connectivity index is 2.44. The van der Waals surface area contributed by atoms with Gasteiger partial charge in [-0.25, -0.2) is 0 Å². The predicted octanol–water partition coefficient (Wildman–Crippen LogP) is 7.08. The average molecular weight is 671 g/mol. The van der Waals surface area contributed by atoms with Crippen molar-refractivity contribution in [3.05, 3.63) is 0 Å². The molecule has 0 aromatic carbocycles. The zero-order valence-corrected chi connectivity index (χ0v) is 30.5. The molecular formula is C38H74N2O7. The minimum absolute atomic E-state index is 0.165. The second kappa shape index (κ2) is 29.6. The van der Waals surface area contributed by atoms with Crippen LogP contribution in [0.1, 0.15) is 175 Å². The van der Waals surface area contributed by atoms with Crippen LogP contribution in [-0.2, 0) is 19.1 Å². The predicted molar refractivity (Wildman–Crippen MR) is 190 cm³/mol. The van der Waals surface area contributed by atoms with E-state index in [0.717, 1.165) is 12.8 Å². The van der Waals surface area contributed by atoms with Gasteiger partial charge in [0.25, 0.3) is 0 Å². The summed E-state index contributed by atoms with van der Waals surface area (Å²) >= 11 is 0. The Hall–Kier alpha value is -1.26. The molecule has 0 aromatic rings. The van der Waals surface area contributed by atoms with Crippen LogP contribution in [0.2, 0.25) is 0 Å². The van der Waals surface area contributed by atoms with Gasteiger partial charge in [0, 0.05) is 6.92 Å². The van der Waals surface area contributed by atoms with E-state index < -0.39 is 49.0 Å². The van der Waals surface area contributed by atoms with Gasteiger partial charge in [-0.1, -0.05) is 155 Å². The highest BCUT2D eigenvalue weighted by Crippen LogP contribution is 2.22. The number of nitrogens with one attached hydrogen (secondary N) is 2. The van der Waals surface area contributed by atoms with E-state index in [1.807, 2.05) is 0 Å². The highest BCUT2D eigenvalue weighted by Gasteiger charge is 2.45. The zero-order valence-electron chi connectivity index (χ0n) is 30.5. The van der Waals surface area contributed by atoms with Gasteiger partial charge in [0.15, 0.2) is 6.23 Å². The molecule has 0 aliphatic carbocycles. The van der Waals surface area contributed by atoms with Crippen molar-refractivity contribution in [1.82, 2.24) is 10.6 Å². The number of carbonyl (C=O) groups excluding carboxylic acids is 2. The van der Waals surface area contributed by atoms with Crippen LogP contribution >= 0.6 is 0 Å². The number of carbonyl (C=O) groups is 2. The van der Waals surface area contributed by atoms with E-state index >= 15 is 0 Å². The second-order valence-electron chi connectivity index (χ2n) is 14.1. The zero-order chi connectivity index (χ0) is 34.5. The van der Waals surface area contributed by atoms with E-state index in [1.54, 1.807) is 0 Å². The third-order valence-electron chi connectivity index (χ3n) is 9.62. The lowest BCUT2D eigenvalue weighted by molar-refractivity contribution is -0.203. The third kappa shape index (κ3) is 22.2. The fourth-order valence-electron chi connectivity index (χ4n) is 6.66. The van der Waals surface area contributed by atoms with E-state index in [-0.39, 0.29) is 6.61 Å². The molecular weight excluding hydrogens is 596 g/mol. The van der Waals surface area contributed by atoms with Crippen molar-refractivity contribution in [2.45, 2.75) is 205 Å². The molecule has 1 aliphatic heterocycles. The quantitative estimate of drug-likeness (QED) is 0.0497. The summed E-state index contributed by atoms with van der Waals surface area (Å²) in [6.07, 6.45) is 26.3. The van der Waals surface area contributed by atoms with Gasteiger partial charge >= 0.3 is 0 Å². The van der Waals surface area contributed by atoms with Crippen molar-refractivity contribution in [1.29, 1.82) is 0 Å². The van der Waals surface area contributed by atoms with Crippen molar-refractivity contribution in [3.8, 4) is 0 Å². The summed E-state index contributed by atoms with van der Waals surface area (Å²) in [7, 11) is 0. The average Bonchev–Trinajstić information content (AvgIpc) is 3.05. The molecule has 1 unspecified atom stereocenters. The van der Waals surface area contributed by atoms with Crippen LogP contribution in [0.3, 0.4) is 0 Å². The highest BCUT2D eigenvalue weighted by atomic mass is 16.5. The summed E-state index contributed by atoms with van der Waals surface area (Å²) in [6.45, 7) is 5.63. The van der Waals surface area contributed by atoms with Crippen LogP contribution in [-0.4, -0.2) is 77.5 Å². The maximum Gasteiger partial charge on any atom is 0.248 e. The van der Waals surface area contributed by atoms with Crippen LogP contribution < -0.4 is 10.6 Å². The summed E-state index contributed by atoms with van der Waals surface area (Å²) in [5, 5.41) is 35.4. The van der Waals surface area contributed by atoms with Crippen LogP contribution in [0.15, 0.2) is 0 Å². The van der Waals surface area contributed by atoms with Crippen molar-refractivity contribution in [2.75, 3.05) is 19.8 Å². The van der Waals surface area contributed by atoms with Gasteiger partial charge in [-0.05, 0) is 18.8 Å². The van der Waals surface area contributed by atoms with E-state index in [4.69, 9.17) is 9.47 Å². The molecule has 0 aromatic heterocycles. The normalized spacial score (nSPS) is 21.9. The summed E-state index contributed by atoms with van der Waals surface area (Å²) in [5.74, 6) is -0.460. The molecule has 0 saturated carbocycles. The number of amides is 2. The Bertz CT molecular complexity index is 756. The molecule has 9 heteroatoms. The third-order valence-corrected chi connectivity index (χ3v) is 9.62. The summed E-state index contributed by atoms with van der Waals surface area (Å²) in [6, 6.07) is -1.05. The fourth-order valence-corrected chi connectivity index (χ4v) is 6.66. The number of unbranched alkanes of at least 4 members (excludes halogenated alkanes) is 20. The maximum absolute atomic E-state index is 12.8. The standard InChI is InChI=1S/C38H74N2O7/c1-4-6-8-10-12-14-16-17-19-21-23-25-27-32(26-24-22-20-18-15-13-11-9-7-5-2)29-46-30-34(43)40-38-35(39-31(3)42)37(45)36(44)33(28-41)47-38/h32-33,35-38,41,44-45H,4-30H2,1-3H3,(H,39,42)(H,40,43)/t32?,33-,35-,36-,37-,38-/m1/s1. The molecule has 0 bridgehead atoms. The monoisotopic (exact) mass is 671 g/mol. The Labute approximate surface area is 287 Å². The highest BCUT2D eigenvalue weighted by molar-refractivity contribution is 5.78. The van der Waals surface area contributed by atoms with Crippen LogP contribution in [0.25, 0.3) is 0 Å². The van der Waals surface area contributed by atoms with Crippen molar-refractivity contribution < 1.29 is 34.4 Å². The lowest BCUT2D eigenvalue weighted by Gasteiger charge is -2.42. The lowest BCUT2D eigenvalue weighted by atomic mass is 9.94. The Morgan fingerprint density at radius 1 is 0.660 bits per heavy atom. The number of rotatable bonds is 31.